The number of halogens is 2. The zero-order chi connectivity index (χ0) is 14.7. The number of carbonyl (C=O) groups excluding carboxylic acids is 1. The fourth-order valence-electron chi connectivity index (χ4n) is 1.56. The highest BCUT2D eigenvalue weighted by Crippen LogP contribution is 2.17. The van der Waals surface area contributed by atoms with Crippen LogP contribution in [0.3, 0.4) is 0 Å². The number of nitrogens with one attached hydrogen (secondary N) is 1. The smallest absolute Gasteiger partial charge is 0.255 e. The van der Waals surface area contributed by atoms with Crippen molar-refractivity contribution in [3.8, 4) is 0 Å². The molecule has 0 aliphatic carbocycles. The summed E-state index contributed by atoms with van der Waals surface area (Å²) in [5.41, 5.74) is 7.02. The molecule has 0 saturated carbocycles. The molecule has 0 aliphatic rings. The van der Waals surface area contributed by atoms with Gasteiger partial charge in [-0.2, -0.15) is 0 Å². The second kappa shape index (κ2) is 6.11. The standard InChI is InChI=1S/C14H10BrFN2OS/c15-11-6-3-9(7-12(11)16)14(19)18-10-4-1-8(2-5-10)13(17)20/h1-7H,(H2,17,20)(H,18,19). The molecule has 2 aromatic rings. The number of anilines is 1. The number of benzene rings is 2. The van der Waals surface area contributed by atoms with E-state index in [9.17, 15) is 9.18 Å². The molecule has 0 fully saturated rings. The van der Waals surface area contributed by atoms with Gasteiger partial charge in [-0.25, -0.2) is 4.39 Å². The SMILES string of the molecule is NC(=S)c1ccc(NC(=O)c2ccc(Br)c(F)c2)cc1. The molecule has 0 aromatic heterocycles. The second-order valence-corrected chi connectivity index (χ2v) is 5.32. The monoisotopic (exact) mass is 352 g/mol. The van der Waals surface area contributed by atoms with E-state index in [1.807, 2.05) is 0 Å². The maximum Gasteiger partial charge on any atom is 0.255 e. The van der Waals surface area contributed by atoms with Crippen LogP contribution in [-0.2, 0) is 0 Å². The zero-order valence-electron chi connectivity index (χ0n) is 10.2. The molecule has 1 amide bonds. The van der Waals surface area contributed by atoms with Crippen LogP contribution < -0.4 is 11.1 Å². The summed E-state index contributed by atoms with van der Waals surface area (Å²) in [6, 6.07) is 11.0. The first-order chi connectivity index (χ1) is 9.47. The molecule has 3 nitrogen and oxygen atoms in total. The Morgan fingerprint density at radius 3 is 2.30 bits per heavy atom. The van der Waals surface area contributed by atoms with Gasteiger partial charge in [-0.05, 0) is 58.4 Å². The van der Waals surface area contributed by atoms with Gasteiger partial charge < -0.3 is 11.1 Å². The van der Waals surface area contributed by atoms with Gasteiger partial charge in [-0.15, -0.1) is 0 Å². The van der Waals surface area contributed by atoms with Crippen molar-refractivity contribution in [1.82, 2.24) is 0 Å². The minimum absolute atomic E-state index is 0.240. The molecule has 3 N–H and O–H groups in total. The number of carbonyl (C=O) groups is 1. The van der Waals surface area contributed by atoms with Crippen molar-refractivity contribution in [1.29, 1.82) is 0 Å². The number of nitrogens with two attached hydrogens (primary N) is 1. The van der Waals surface area contributed by atoms with Crippen molar-refractivity contribution in [2.45, 2.75) is 0 Å². The summed E-state index contributed by atoms with van der Waals surface area (Å²) in [5.74, 6) is -0.874. The number of hydrogen-bond donors (Lipinski definition) is 2. The normalized spacial score (nSPS) is 10.1. The fraction of sp³-hybridized carbons (Fsp3) is 0. The minimum atomic E-state index is -0.485. The Balaban J connectivity index is 2.14. The van der Waals surface area contributed by atoms with Crippen LogP contribution in [0, 0.1) is 5.82 Å². The quantitative estimate of drug-likeness (QED) is 0.831. The van der Waals surface area contributed by atoms with Crippen LogP contribution in [-0.4, -0.2) is 10.9 Å². The number of thiocarbonyl (C=S) groups is 1. The van der Waals surface area contributed by atoms with E-state index in [2.05, 4.69) is 21.2 Å². The fourth-order valence-corrected chi connectivity index (χ4v) is 1.94. The van der Waals surface area contributed by atoms with Crippen LogP contribution in [0.4, 0.5) is 10.1 Å². The van der Waals surface area contributed by atoms with Crippen molar-refractivity contribution in [3.05, 3.63) is 63.9 Å². The van der Waals surface area contributed by atoms with Crippen LogP contribution in [0.1, 0.15) is 15.9 Å². The minimum Gasteiger partial charge on any atom is -0.389 e. The van der Waals surface area contributed by atoms with Crippen molar-refractivity contribution >= 4 is 44.7 Å². The molecule has 0 atom stereocenters. The molecule has 0 aliphatic heterocycles. The van der Waals surface area contributed by atoms with Crippen molar-refractivity contribution in [2.24, 2.45) is 5.73 Å². The molecule has 0 radical (unpaired) electrons. The third kappa shape index (κ3) is 3.40. The topological polar surface area (TPSA) is 55.1 Å². The van der Waals surface area contributed by atoms with Gasteiger partial charge in [0.2, 0.25) is 0 Å². The first-order valence-electron chi connectivity index (χ1n) is 5.63. The molecule has 0 spiro atoms. The highest BCUT2D eigenvalue weighted by molar-refractivity contribution is 9.10. The molecule has 2 aromatic carbocycles. The highest BCUT2D eigenvalue weighted by Gasteiger charge is 2.09. The van der Waals surface area contributed by atoms with Gasteiger partial charge in [-0.3, -0.25) is 4.79 Å². The Bertz CT molecular complexity index is 673. The molecule has 20 heavy (non-hydrogen) atoms. The summed E-state index contributed by atoms with van der Waals surface area (Å²) in [5, 5.41) is 2.67. The van der Waals surface area contributed by atoms with Gasteiger partial charge in [0.1, 0.15) is 10.8 Å². The Hall–Kier alpha value is -1.79. The van der Waals surface area contributed by atoms with E-state index >= 15 is 0 Å². The van der Waals surface area contributed by atoms with Crippen LogP contribution in [0.25, 0.3) is 0 Å². The number of rotatable bonds is 3. The van der Waals surface area contributed by atoms with Gasteiger partial charge in [0.05, 0.1) is 4.47 Å². The van der Waals surface area contributed by atoms with E-state index in [1.165, 1.54) is 18.2 Å². The lowest BCUT2D eigenvalue weighted by molar-refractivity contribution is 0.102. The highest BCUT2D eigenvalue weighted by atomic mass is 79.9. The molecular formula is C14H10BrFN2OS. The Morgan fingerprint density at radius 2 is 1.75 bits per heavy atom. The summed E-state index contributed by atoms with van der Waals surface area (Å²) in [7, 11) is 0. The predicted molar refractivity (Wildman–Crippen MR) is 84.4 cm³/mol. The Labute approximate surface area is 129 Å². The largest absolute Gasteiger partial charge is 0.389 e. The maximum atomic E-state index is 13.4. The molecule has 0 saturated heterocycles. The third-order valence-corrected chi connectivity index (χ3v) is 3.49. The predicted octanol–water partition coefficient (Wildman–Crippen LogP) is 3.47. The molecule has 0 heterocycles. The lowest BCUT2D eigenvalue weighted by Crippen LogP contribution is -2.13. The second-order valence-electron chi connectivity index (χ2n) is 4.02. The van der Waals surface area contributed by atoms with E-state index in [1.54, 1.807) is 24.3 Å². The van der Waals surface area contributed by atoms with E-state index in [0.717, 1.165) is 0 Å². The summed E-state index contributed by atoms with van der Waals surface area (Å²) in [6.07, 6.45) is 0. The molecule has 102 valence electrons. The zero-order valence-corrected chi connectivity index (χ0v) is 12.6. The van der Waals surface area contributed by atoms with Gasteiger partial charge >= 0.3 is 0 Å². The summed E-state index contributed by atoms with van der Waals surface area (Å²) >= 11 is 7.88. The summed E-state index contributed by atoms with van der Waals surface area (Å²) in [4.78, 5) is 12.2. The summed E-state index contributed by atoms with van der Waals surface area (Å²) < 4.78 is 13.7. The maximum absolute atomic E-state index is 13.4. The first-order valence-corrected chi connectivity index (χ1v) is 6.84. The van der Waals surface area contributed by atoms with Gasteiger partial charge in [-0.1, -0.05) is 12.2 Å². The van der Waals surface area contributed by atoms with Gasteiger partial charge in [0, 0.05) is 16.8 Å². The lowest BCUT2D eigenvalue weighted by atomic mass is 10.2. The van der Waals surface area contributed by atoms with Crippen molar-refractivity contribution in [2.75, 3.05) is 5.32 Å². The molecular weight excluding hydrogens is 343 g/mol. The molecule has 2 rings (SSSR count). The van der Waals surface area contributed by atoms with Crippen molar-refractivity contribution in [3.63, 3.8) is 0 Å². The van der Waals surface area contributed by atoms with Crippen LogP contribution >= 0.6 is 28.1 Å². The van der Waals surface area contributed by atoms with E-state index in [-0.39, 0.29) is 16.5 Å². The number of hydrogen-bond acceptors (Lipinski definition) is 2. The molecule has 0 unspecified atom stereocenters. The summed E-state index contributed by atoms with van der Waals surface area (Å²) in [6.45, 7) is 0. The Kier molecular flexibility index (Phi) is 4.46. The van der Waals surface area contributed by atoms with E-state index in [4.69, 9.17) is 18.0 Å². The molecule has 0 bridgehead atoms. The van der Waals surface area contributed by atoms with Crippen molar-refractivity contribution < 1.29 is 9.18 Å². The van der Waals surface area contributed by atoms with E-state index in [0.29, 0.717) is 15.7 Å². The lowest BCUT2D eigenvalue weighted by Gasteiger charge is -2.06. The van der Waals surface area contributed by atoms with Crippen LogP contribution in [0.2, 0.25) is 0 Å². The average molecular weight is 353 g/mol. The van der Waals surface area contributed by atoms with Gasteiger partial charge in [0.25, 0.3) is 5.91 Å². The van der Waals surface area contributed by atoms with E-state index < -0.39 is 5.82 Å². The van der Waals surface area contributed by atoms with Gasteiger partial charge in [0.15, 0.2) is 0 Å². The van der Waals surface area contributed by atoms with Crippen LogP contribution in [0.5, 0.6) is 0 Å². The third-order valence-electron chi connectivity index (χ3n) is 2.61. The van der Waals surface area contributed by atoms with Crippen LogP contribution in [0.15, 0.2) is 46.9 Å². The first kappa shape index (κ1) is 14.6. The Morgan fingerprint density at radius 1 is 1.15 bits per heavy atom. The molecule has 6 heteroatoms. The average Bonchev–Trinajstić information content (AvgIpc) is 2.42. The number of amides is 1.